The lowest BCUT2D eigenvalue weighted by Crippen LogP contribution is -2.58. The molecule has 0 amide bonds. The first-order chi connectivity index (χ1) is 10.7. The molecule has 1 N–H and O–H groups in total. The van der Waals surface area contributed by atoms with Crippen molar-refractivity contribution in [2.75, 3.05) is 13.2 Å². The molecule has 0 saturated carbocycles. The summed E-state index contributed by atoms with van der Waals surface area (Å²) < 4.78 is 6.46. The summed E-state index contributed by atoms with van der Waals surface area (Å²) in [7, 11) is -2.18. The molecule has 0 aliphatic heterocycles. The van der Waals surface area contributed by atoms with Gasteiger partial charge in [0, 0.05) is 13.2 Å². The molecule has 0 bridgehead atoms. The zero-order valence-electron chi connectivity index (χ0n) is 13.5. The Bertz CT molecular complexity index is 498. The summed E-state index contributed by atoms with van der Waals surface area (Å²) in [6.45, 7) is 5.32. The second-order valence-corrected chi connectivity index (χ2v) is 9.37. The van der Waals surface area contributed by atoms with Crippen molar-refractivity contribution in [2.24, 2.45) is 5.92 Å². The summed E-state index contributed by atoms with van der Waals surface area (Å²) >= 11 is 0. The molecule has 2 rings (SSSR count). The van der Waals surface area contributed by atoms with Crippen molar-refractivity contribution in [3.05, 3.63) is 60.7 Å². The smallest absolute Gasteiger partial charge is 0.252 e. The predicted molar refractivity (Wildman–Crippen MR) is 95.2 cm³/mol. The molecule has 0 radical (unpaired) electrons. The molecular weight excluding hydrogens is 288 g/mol. The van der Waals surface area contributed by atoms with Crippen molar-refractivity contribution >= 4 is 18.7 Å². The highest BCUT2D eigenvalue weighted by Crippen LogP contribution is 2.12. The van der Waals surface area contributed by atoms with E-state index >= 15 is 0 Å². The van der Waals surface area contributed by atoms with Crippen LogP contribution in [0.1, 0.15) is 19.8 Å². The highest BCUT2D eigenvalue weighted by molar-refractivity contribution is 6.96. The third-order valence-electron chi connectivity index (χ3n) is 4.40. The fraction of sp³-hybridized carbons (Fsp3) is 0.368. The van der Waals surface area contributed by atoms with Crippen LogP contribution in [-0.2, 0) is 4.43 Å². The van der Waals surface area contributed by atoms with Crippen LogP contribution in [-0.4, -0.2) is 26.6 Å². The van der Waals surface area contributed by atoms with Gasteiger partial charge in [-0.1, -0.05) is 74.0 Å². The maximum Gasteiger partial charge on any atom is 0.252 e. The molecule has 0 aliphatic carbocycles. The maximum absolute atomic E-state index is 9.35. The third-order valence-corrected chi connectivity index (χ3v) is 8.05. The van der Waals surface area contributed by atoms with E-state index in [0.717, 1.165) is 12.8 Å². The lowest BCUT2D eigenvalue weighted by molar-refractivity contribution is 0.187. The Balaban J connectivity index is 2.20. The molecule has 0 spiro atoms. The minimum Gasteiger partial charge on any atom is -0.408 e. The van der Waals surface area contributed by atoms with Gasteiger partial charge in [0.2, 0.25) is 0 Å². The minimum absolute atomic E-state index is 0.245. The van der Waals surface area contributed by atoms with Crippen molar-refractivity contribution < 1.29 is 9.53 Å². The summed E-state index contributed by atoms with van der Waals surface area (Å²) in [5.74, 6) is 0.338. The van der Waals surface area contributed by atoms with Crippen molar-refractivity contribution in [1.29, 1.82) is 0 Å². The Kier molecular flexibility index (Phi) is 6.37. The van der Waals surface area contributed by atoms with E-state index in [1.807, 2.05) is 12.1 Å². The van der Waals surface area contributed by atoms with E-state index in [2.05, 4.69) is 62.0 Å². The van der Waals surface area contributed by atoms with Crippen LogP contribution in [0.25, 0.3) is 0 Å². The van der Waals surface area contributed by atoms with Crippen molar-refractivity contribution in [3.8, 4) is 0 Å². The Morgan fingerprint density at radius 2 is 1.45 bits per heavy atom. The molecule has 0 fully saturated rings. The van der Waals surface area contributed by atoms with Crippen molar-refractivity contribution in [1.82, 2.24) is 0 Å². The summed E-state index contributed by atoms with van der Waals surface area (Å²) in [6.07, 6.45) is 1.91. The molecule has 1 atom stereocenters. The monoisotopic (exact) mass is 314 g/mol. The predicted octanol–water partition coefficient (Wildman–Crippen LogP) is 2.80. The normalized spacial score (nSPS) is 13.0. The Labute approximate surface area is 134 Å². The summed E-state index contributed by atoms with van der Waals surface area (Å²) in [4.78, 5) is 0. The van der Waals surface area contributed by atoms with E-state index < -0.39 is 8.32 Å². The van der Waals surface area contributed by atoms with Gasteiger partial charge in [-0.15, -0.1) is 0 Å². The zero-order valence-corrected chi connectivity index (χ0v) is 14.5. The van der Waals surface area contributed by atoms with Gasteiger partial charge in [-0.3, -0.25) is 0 Å². The second kappa shape index (κ2) is 8.27. The van der Waals surface area contributed by atoms with Gasteiger partial charge in [0.15, 0.2) is 0 Å². The number of hydrogen-bond donors (Lipinski definition) is 1. The zero-order chi connectivity index (χ0) is 15.8. The molecule has 2 aromatic carbocycles. The van der Waals surface area contributed by atoms with Crippen molar-refractivity contribution in [2.45, 2.75) is 26.3 Å². The highest BCUT2D eigenvalue weighted by atomic mass is 28.4. The lowest BCUT2D eigenvalue weighted by atomic mass is 10.1. The van der Waals surface area contributed by atoms with E-state index in [1.54, 1.807) is 0 Å². The first-order valence-corrected chi connectivity index (χ1v) is 10.5. The standard InChI is InChI=1S/C19H26O2Si/c1-3-17(16-20)14-15-21-22(2,18-10-6-4-7-11-18)19-12-8-5-9-13-19/h4-13,17,20H,3,14-16H2,1-2H3/t17-/m0/s1. The molecule has 2 aromatic rings. The van der Waals surface area contributed by atoms with Gasteiger partial charge in [0.25, 0.3) is 8.32 Å². The largest absolute Gasteiger partial charge is 0.408 e. The first-order valence-electron chi connectivity index (χ1n) is 8.06. The van der Waals surface area contributed by atoms with Gasteiger partial charge in [-0.2, -0.15) is 0 Å². The SMILES string of the molecule is CC[C@H](CO)CCO[Si](C)(c1ccccc1)c1ccccc1. The third kappa shape index (κ3) is 4.06. The van der Waals surface area contributed by atoms with E-state index in [0.29, 0.717) is 12.5 Å². The number of rotatable bonds is 8. The quantitative estimate of drug-likeness (QED) is 0.759. The average Bonchev–Trinajstić information content (AvgIpc) is 2.60. The van der Waals surface area contributed by atoms with Crippen LogP contribution in [0.3, 0.4) is 0 Å². The summed E-state index contributed by atoms with van der Waals surface area (Å²) in [5, 5.41) is 11.9. The highest BCUT2D eigenvalue weighted by Gasteiger charge is 2.33. The minimum atomic E-state index is -2.18. The maximum atomic E-state index is 9.35. The average molecular weight is 315 g/mol. The Hall–Kier alpha value is -1.42. The molecule has 2 nitrogen and oxygen atoms in total. The van der Waals surface area contributed by atoms with Crippen LogP contribution in [0, 0.1) is 5.92 Å². The molecule has 0 heterocycles. The Morgan fingerprint density at radius 1 is 0.955 bits per heavy atom. The molecule has 0 aliphatic rings. The van der Waals surface area contributed by atoms with Gasteiger partial charge >= 0.3 is 0 Å². The molecule has 0 saturated heterocycles. The van der Waals surface area contributed by atoms with E-state index in [9.17, 15) is 5.11 Å². The van der Waals surface area contributed by atoms with Crippen LogP contribution < -0.4 is 10.4 Å². The van der Waals surface area contributed by atoms with Crippen LogP contribution in [0.5, 0.6) is 0 Å². The summed E-state index contributed by atoms with van der Waals surface area (Å²) in [6, 6.07) is 21.1. The molecule has 22 heavy (non-hydrogen) atoms. The molecule has 118 valence electrons. The van der Waals surface area contributed by atoms with Crippen molar-refractivity contribution in [3.63, 3.8) is 0 Å². The fourth-order valence-electron chi connectivity index (χ4n) is 2.70. The van der Waals surface area contributed by atoms with E-state index in [4.69, 9.17) is 4.43 Å². The number of aliphatic hydroxyl groups is 1. The first kappa shape index (κ1) is 16.9. The van der Waals surface area contributed by atoms with Crippen LogP contribution in [0.4, 0.5) is 0 Å². The molecule has 0 aromatic heterocycles. The van der Waals surface area contributed by atoms with Gasteiger partial charge < -0.3 is 9.53 Å². The fourth-order valence-corrected chi connectivity index (χ4v) is 5.55. The molecule has 3 heteroatoms. The number of aliphatic hydroxyl groups excluding tert-OH is 1. The summed E-state index contributed by atoms with van der Waals surface area (Å²) in [5.41, 5.74) is 0. The lowest BCUT2D eigenvalue weighted by Gasteiger charge is -2.29. The number of benzene rings is 2. The van der Waals surface area contributed by atoms with Gasteiger partial charge in [-0.05, 0) is 29.3 Å². The van der Waals surface area contributed by atoms with Crippen LogP contribution in [0.2, 0.25) is 6.55 Å². The molecular formula is C19H26O2Si. The Morgan fingerprint density at radius 3 is 1.86 bits per heavy atom. The van der Waals surface area contributed by atoms with Gasteiger partial charge in [0.05, 0.1) is 0 Å². The van der Waals surface area contributed by atoms with Crippen LogP contribution >= 0.6 is 0 Å². The molecule has 0 unspecified atom stereocenters. The second-order valence-electron chi connectivity index (χ2n) is 5.86. The van der Waals surface area contributed by atoms with Crippen LogP contribution in [0.15, 0.2) is 60.7 Å². The van der Waals surface area contributed by atoms with E-state index in [-0.39, 0.29) is 6.61 Å². The number of hydrogen-bond acceptors (Lipinski definition) is 2. The topological polar surface area (TPSA) is 29.5 Å². The van der Waals surface area contributed by atoms with Gasteiger partial charge in [0.1, 0.15) is 0 Å². The van der Waals surface area contributed by atoms with Gasteiger partial charge in [-0.25, -0.2) is 0 Å². The van der Waals surface area contributed by atoms with E-state index in [1.165, 1.54) is 10.4 Å².